The van der Waals surface area contributed by atoms with E-state index in [1.54, 1.807) is 39.8 Å². The van der Waals surface area contributed by atoms with E-state index in [1.165, 1.54) is 12.1 Å². The van der Waals surface area contributed by atoms with Gasteiger partial charge in [0, 0.05) is 5.56 Å². The smallest absolute Gasteiger partial charge is 0.210 e. The fourth-order valence-corrected chi connectivity index (χ4v) is 4.28. The molecule has 0 atom stereocenters. The van der Waals surface area contributed by atoms with Crippen LogP contribution in [0.1, 0.15) is 22.3 Å². The average molecular weight is 306 g/mol. The van der Waals surface area contributed by atoms with E-state index in [4.69, 9.17) is 0 Å². The molecule has 112 valence electrons. The third-order valence-electron chi connectivity index (χ3n) is 3.54. The number of sulfone groups is 1. The van der Waals surface area contributed by atoms with E-state index in [0.717, 1.165) is 5.56 Å². The number of hydrogen-bond donors (Lipinski definition) is 2. The van der Waals surface area contributed by atoms with Crippen molar-refractivity contribution in [1.29, 1.82) is 0 Å². The van der Waals surface area contributed by atoms with Gasteiger partial charge in [-0.05, 0) is 56.5 Å². The lowest BCUT2D eigenvalue weighted by Gasteiger charge is -2.14. The fourth-order valence-electron chi connectivity index (χ4n) is 2.50. The van der Waals surface area contributed by atoms with Gasteiger partial charge in [0.15, 0.2) is 0 Å². The van der Waals surface area contributed by atoms with Crippen LogP contribution in [-0.2, 0) is 9.84 Å². The zero-order valence-electron chi connectivity index (χ0n) is 12.4. The summed E-state index contributed by atoms with van der Waals surface area (Å²) in [5.74, 6) is -0.313. The summed E-state index contributed by atoms with van der Waals surface area (Å²) in [5, 5.41) is 20.0. The number of phenolic OH excluding ortho intramolecular Hbond substituents is 2. The molecule has 0 aliphatic heterocycles. The number of phenols is 2. The topological polar surface area (TPSA) is 74.6 Å². The van der Waals surface area contributed by atoms with Crippen LogP contribution in [0.15, 0.2) is 34.1 Å². The largest absolute Gasteiger partial charge is 0.507 e. The molecule has 0 aliphatic carbocycles. The van der Waals surface area contributed by atoms with E-state index < -0.39 is 9.84 Å². The van der Waals surface area contributed by atoms with Crippen LogP contribution in [-0.4, -0.2) is 18.6 Å². The highest BCUT2D eigenvalue weighted by molar-refractivity contribution is 7.91. The van der Waals surface area contributed by atoms with Gasteiger partial charge in [-0.25, -0.2) is 8.42 Å². The molecule has 2 aromatic carbocycles. The van der Waals surface area contributed by atoms with Crippen LogP contribution >= 0.6 is 0 Å². The van der Waals surface area contributed by atoms with Crippen LogP contribution in [0.2, 0.25) is 0 Å². The fraction of sp³-hybridized carbons (Fsp3) is 0.250. The van der Waals surface area contributed by atoms with Crippen molar-refractivity contribution in [3.8, 4) is 11.5 Å². The zero-order chi connectivity index (χ0) is 15.9. The second-order valence-corrected chi connectivity index (χ2v) is 7.14. The van der Waals surface area contributed by atoms with Gasteiger partial charge in [-0.3, -0.25) is 0 Å². The highest BCUT2D eigenvalue weighted by Crippen LogP contribution is 2.36. The molecular formula is C16H18O4S. The van der Waals surface area contributed by atoms with Crippen molar-refractivity contribution in [2.75, 3.05) is 0 Å². The van der Waals surface area contributed by atoms with Gasteiger partial charge in [-0.2, -0.15) is 0 Å². The lowest BCUT2D eigenvalue weighted by molar-refractivity contribution is 0.455. The third-order valence-corrected chi connectivity index (χ3v) is 5.63. The van der Waals surface area contributed by atoms with Gasteiger partial charge in [0.25, 0.3) is 0 Å². The summed E-state index contributed by atoms with van der Waals surface area (Å²) in [6.45, 7) is 6.68. The summed E-state index contributed by atoms with van der Waals surface area (Å²) >= 11 is 0. The summed E-state index contributed by atoms with van der Waals surface area (Å²) in [5.41, 5.74) is 2.16. The lowest BCUT2D eigenvalue weighted by atomic mass is 10.1. The number of aryl methyl sites for hydroxylation is 3. The summed E-state index contributed by atoms with van der Waals surface area (Å²) < 4.78 is 25.6. The van der Waals surface area contributed by atoms with Gasteiger partial charge in [0.2, 0.25) is 9.84 Å². The monoisotopic (exact) mass is 306 g/mol. The first kappa shape index (κ1) is 15.4. The van der Waals surface area contributed by atoms with E-state index >= 15 is 0 Å². The lowest BCUT2D eigenvalue weighted by Crippen LogP contribution is -2.07. The Morgan fingerprint density at radius 3 is 2.10 bits per heavy atom. The molecule has 2 N–H and O–H groups in total. The molecule has 0 fully saturated rings. The minimum atomic E-state index is -3.90. The SMILES string of the molecule is Cc1cc(C)c(S(=O)(=O)c2ccc(C)c(O)c2C)c(O)c1. The molecule has 2 aromatic rings. The normalized spacial score (nSPS) is 11.6. The summed E-state index contributed by atoms with van der Waals surface area (Å²) in [6, 6.07) is 6.13. The highest BCUT2D eigenvalue weighted by atomic mass is 32.2. The molecular weight excluding hydrogens is 288 g/mol. The molecule has 0 aliphatic rings. The van der Waals surface area contributed by atoms with E-state index in [9.17, 15) is 18.6 Å². The van der Waals surface area contributed by atoms with Crippen molar-refractivity contribution in [1.82, 2.24) is 0 Å². The Bertz CT molecular complexity index is 797. The molecule has 21 heavy (non-hydrogen) atoms. The maximum atomic E-state index is 12.8. The van der Waals surface area contributed by atoms with Gasteiger partial charge in [0.05, 0.1) is 4.90 Å². The van der Waals surface area contributed by atoms with E-state index in [0.29, 0.717) is 11.1 Å². The Kier molecular flexibility index (Phi) is 3.72. The van der Waals surface area contributed by atoms with Crippen molar-refractivity contribution in [2.24, 2.45) is 0 Å². The van der Waals surface area contributed by atoms with E-state index in [1.807, 2.05) is 0 Å². The van der Waals surface area contributed by atoms with Crippen LogP contribution in [0, 0.1) is 27.7 Å². The van der Waals surface area contributed by atoms with Gasteiger partial charge >= 0.3 is 0 Å². The summed E-state index contributed by atoms with van der Waals surface area (Å²) in [7, 11) is -3.90. The molecule has 0 spiro atoms. The van der Waals surface area contributed by atoms with Crippen LogP contribution < -0.4 is 0 Å². The quantitative estimate of drug-likeness (QED) is 0.893. The average Bonchev–Trinajstić information content (AvgIpc) is 2.33. The minimum absolute atomic E-state index is 0.00727. The second-order valence-electron chi connectivity index (χ2n) is 5.29. The maximum Gasteiger partial charge on any atom is 0.210 e. The zero-order valence-corrected chi connectivity index (χ0v) is 13.2. The van der Waals surface area contributed by atoms with Crippen molar-refractivity contribution < 1.29 is 18.6 Å². The van der Waals surface area contributed by atoms with Gasteiger partial charge in [-0.1, -0.05) is 12.1 Å². The Morgan fingerprint density at radius 2 is 1.52 bits per heavy atom. The summed E-state index contributed by atoms with van der Waals surface area (Å²) in [4.78, 5) is -0.104. The Hall–Kier alpha value is -2.01. The molecule has 0 bridgehead atoms. The number of benzene rings is 2. The molecule has 2 rings (SSSR count). The van der Waals surface area contributed by atoms with Crippen LogP contribution in [0.25, 0.3) is 0 Å². The first-order valence-electron chi connectivity index (χ1n) is 6.50. The molecule has 5 heteroatoms. The molecule has 0 saturated carbocycles. The molecule has 0 heterocycles. The van der Waals surface area contributed by atoms with Crippen LogP contribution in [0.5, 0.6) is 11.5 Å². The Labute approximate surface area is 124 Å². The molecule has 0 aromatic heterocycles. The second kappa shape index (κ2) is 5.07. The van der Waals surface area contributed by atoms with Gasteiger partial charge in [-0.15, -0.1) is 0 Å². The van der Waals surface area contributed by atoms with Crippen molar-refractivity contribution >= 4 is 9.84 Å². The van der Waals surface area contributed by atoms with Crippen molar-refractivity contribution in [3.05, 3.63) is 46.5 Å². The van der Waals surface area contributed by atoms with Crippen LogP contribution in [0.3, 0.4) is 0 Å². The third kappa shape index (κ3) is 2.49. The number of hydrogen-bond acceptors (Lipinski definition) is 4. The first-order chi connectivity index (χ1) is 9.66. The first-order valence-corrected chi connectivity index (χ1v) is 7.99. The maximum absolute atomic E-state index is 12.8. The molecule has 0 radical (unpaired) electrons. The molecule has 4 nitrogen and oxygen atoms in total. The molecule has 0 amide bonds. The van der Waals surface area contributed by atoms with E-state index in [-0.39, 0.29) is 26.9 Å². The molecule has 0 saturated heterocycles. The Balaban J connectivity index is 2.78. The van der Waals surface area contributed by atoms with Gasteiger partial charge < -0.3 is 10.2 Å². The Morgan fingerprint density at radius 1 is 0.905 bits per heavy atom. The van der Waals surface area contributed by atoms with Crippen molar-refractivity contribution in [2.45, 2.75) is 37.5 Å². The predicted molar refractivity (Wildman–Crippen MR) is 80.6 cm³/mol. The van der Waals surface area contributed by atoms with Gasteiger partial charge in [0.1, 0.15) is 16.4 Å². The van der Waals surface area contributed by atoms with Crippen LogP contribution in [0.4, 0.5) is 0 Å². The summed E-state index contributed by atoms with van der Waals surface area (Å²) in [6.07, 6.45) is 0. The highest BCUT2D eigenvalue weighted by Gasteiger charge is 2.27. The molecule has 0 unspecified atom stereocenters. The predicted octanol–water partition coefficient (Wildman–Crippen LogP) is 3.16. The van der Waals surface area contributed by atoms with Crippen molar-refractivity contribution in [3.63, 3.8) is 0 Å². The number of rotatable bonds is 2. The standard InChI is InChI=1S/C16H18O4S/c1-9-7-11(3)16(13(17)8-9)21(19,20)14-6-5-10(2)15(18)12(14)4/h5-8,17-18H,1-4H3. The minimum Gasteiger partial charge on any atom is -0.507 e. The number of aromatic hydroxyl groups is 2. The van der Waals surface area contributed by atoms with E-state index in [2.05, 4.69) is 0 Å².